The summed E-state index contributed by atoms with van der Waals surface area (Å²) in [6.45, 7) is 3.74. The van der Waals surface area contributed by atoms with E-state index in [1.165, 1.54) is 7.11 Å². The predicted octanol–water partition coefficient (Wildman–Crippen LogP) is 2.16. The van der Waals surface area contributed by atoms with Gasteiger partial charge in [0.25, 0.3) is 5.91 Å². The molecule has 1 saturated heterocycles. The summed E-state index contributed by atoms with van der Waals surface area (Å²) in [7, 11) is 3.09. The van der Waals surface area contributed by atoms with Crippen LogP contribution >= 0.6 is 0 Å². The van der Waals surface area contributed by atoms with E-state index in [0.29, 0.717) is 28.7 Å². The van der Waals surface area contributed by atoms with Crippen LogP contribution in [0.15, 0.2) is 12.1 Å². The van der Waals surface area contributed by atoms with Crippen molar-refractivity contribution in [1.29, 1.82) is 0 Å². The first-order chi connectivity index (χ1) is 9.60. The quantitative estimate of drug-likeness (QED) is 0.857. The summed E-state index contributed by atoms with van der Waals surface area (Å²) in [5.74, 6) is 1.59. The van der Waals surface area contributed by atoms with E-state index in [1.54, 1.807) is 19.2 Å². The van der Waals surface area contributed by atoms with Gasteiger partial charge in [0.2, 0.25) is 0 Å². The van der Waals surface area contributed by atoms with E-state index in [4.69, 9.17) is 15.2 Å². The third-order valence-corrected chi connectivity index (χ3v) is 3.95. The predicted molar refractivity (Wildman–Crippen MR) is 78.3 cm³/mol. The largest absolute Gasteiger partial charge is 0.497 e. The molecule has 0 aliphatic carbocycles. The van der Waals surface area contributed by atoms with Gasteiger partial charge in [-0.2, -0.15) is 0 Å². The van der Waals surface area contributed by atoms with Gasteiger partial charge in [0.15, 0.2) is 0 Å². The first kappa shape index (κ1) is 14.5. The van der Waals surface area contributed by atoms with E-state index in [2.05, 4.69) is 6.92 Å². The normalized spacial score (nSPS) is 18.1. The van der Waals surface area contributed by atoms with Crippen LogP contribution in [0.2, 0.25) is 0 Å². The van der Waals surface area contributed by atoms with Gasteiger partial charge >= 0.3 is 0 Å². The zero-order valence-corrected chi connectivity index (χ0v) is 12.3. The Bertz CT molecular complexity index is 502. The monoisotopic (exact) mass is 278 g/mol. The fraction of sp³-hybridized carbons (Fsp3) is 0.533. The maximum Gasteiger partial charge on any atom is 0.256 e. The number of nitrogens with two attached hydrogens (primary N) is 1. The Kier molecular flexibility index (Phi) is 4.37. The van der Waals surface area contributed by atoms with Gasteiger partial charge < -0.3 is 20.1 Å². The molecule has 1 atom stereocenters. The molecule has 1 amide bonds. The molecule has 1 aromatic rings. The number of benzene rings is 1. The fourth-order valence-corrected chi connectivity index (χ4v) is 2.59. The Morgan fingerprint density at radius 3 is 2.70 bits per heavy atom. The van der Waals surface area contributed by atoms with Crippen LogP contribution in [0.3, 0.4) is 0 Å². The molecule has 0 spiro atoms. The van der Waals surface area contributed by atoms with Gasteiger partial charge in [-0.15, -0.1) is 0 Å². The highest BCUT2D eigenvalue weighted by atomic mass is 16.5. The summed E-state index contributed by atoms with van der Waals surface area (Å²) < 4.78 is 10.4. The molecule has 5 heteroatoms. The van der Waals surface area contributed by atoms with Gasteiger partial charge in [0, 0.05) is 19.2 Å². The number of carbonyl (C=O) groups excluding carboxylic acids is 1. The summed E-state index contributed by atoms with van der Waals surface area (Å²) >= 11 is 0. The van der Waals surface area contributed by atoms with Crippen LogP contribution in [0.1, 0.15) is 30.1 Å². The number of likely N-dealkylation sites (tertiary alicyclic amines) is 1. The molecule has 0 bridgehead atoms. The molecule has 1 aromatic carbocycles. The van der Waals surface area contributed by atoms with Crippen molar-refractivity contribution in [3.8, 4) is 11.5 Å². The highest BCUT2D eigenvalue weighted by molar-refractivity contribution is 6.01. The number of amides is 1. The third-order valence-electron chi connectivity index (χ3n) is 3.95. The van der Waals surface area contributed by atoms with Crippen molar-refractivity contribution >= 4 is 11.6 Å². The van der Waals surface area contributed by atoms with E-state index in [-0.39, 0.29) is 5.91 Å². The van der Waals surface area contributed by atoms with Crippen molar-refractivity contribution in [1.82, 2.24) is 4.90 Å². The van der Waals surface area contributed by atoms with Crippen molar-refractivity contribution in [3.05, 3.63) is 17.7 Å². The number of hydrogen-bond acceptors (Lipinski definition) is 4. The SMILES string of the molecule is CCC1CCN(C(=O)c2cc(OC)cc(OC)c2N)C1. The van der Waals surface area contributed by atoms with Crippen LogP contribution in [-0.4, -0.2) is 38.1 Å². The average Bonchev–Trinajstić information content (AvgIpc) is 2.95. The molecular formula is C15H22N2O3. The standard InChI is InChI=1S/C15H22N2O3/c1-4-10-5-6-17(9-10)15(18)12-7-11(19-2)8-13(20-3)14(12)16/h7-8,10H,4-6,9,16H2,1-3H3. The van der Waals surface area contributed by atoms with Gasteiger partial charge in [-0.1, -0.05) is 13.3 Å². The summed E-state index contributed by atoms with van der Waals surface area (Å²) in [4.78, 5) is 14.5. The van der Waals surface area contributed by atoms with Gasteiger partial charge in [0.05, 0.1) is 25.5 Å². The summed E-state index contributed by atoms with van der Waals surface area (Å²) in [6, 6.07) is 3.37. The minimum Gasteiger partial charge on any atom is -0.497 e. The first-order valence-corrected chi connectivity index (χ1v) is 6.91. The van der Waals surface area contributed by atoms with Crippen molar-refractivity contribution in [2.24, 2.45) is 5.92 Å². The highest BCUT2D eigenvalue weighted by Crippen LogP contribution is 2.33. The van der Waals surface area contributed by atoms with E-state index in [9.17, 15) is 4.79 Å². The molecule has 5 nitrogen and oxygen atoms in total. The van der Waals surface area contributed by atoms with Crippen molar-refractivity contribution in [2.45, 2.75) is 19.8 Å². The smallest absolute Gasteiger partial charge is 0.256 e. The Hall–Kier alpha value is -1.91. The fourth-order valence-electron chi connectivity index (χ4n) is 2.59. The van der Waals surface area contributed by atoms with Crippen LogP contribution in [0.4, 0.5) is 5.69 Å². The maximum absolute atomic E-state index is 12.6. The lowest BCUT2D eigenvalue weighted by Gasteiger charge is -2.19. The molecule has 1 unspecified atom stereocenters. The van der Waals surface area contributed by atoms with Crippen LogP contribution < -0.4 is 15.2 Å². The molecule has 1 aliphatic rings. The Balaban J connectivity index is 2.29. The third kappa shape index (κ3) is 2.66. The van der Waals surface area contributed by atoms with E-state index >= 15 is 0 Å². The summed E-state index contributed by atoms with van der Waals surface area (Å²) in [6.07, 6.45) is 2.16. The minimum atomic E-state index is -0.0457. The zero-order chi connectivity index (χ0) is 14.7. The molecule has 110 valence electrons. The Labute approximate surface area is 119 Å². The second-order valence-corrected chi connectivity index (χ2v) is 5.11. The number of nitrogen functional groups attached to an aromatic ring is 1. The van der Waals surface area contributed by atoms with Crippen LogP contribution in [0.25, 0.3) is 0 Å². The molecular weight excluding hydrogens is 256 g/mol. The van der Waals surface area contributed by atoms with Crippen molar-refractivity contribution < 1.29 is 14.3 Å². The topological polar surface area (TPSA) is 64.8 Å². The molecule has 2 rings (SSSR count). The molecule has 2 N–H and O–H groups in total. The second-order valence-electron chi connectivity index (χ2n) is 5.11. The Morgan fingerprint density at radius 2 is 2.15 bits per heavy atom. The van der Waals surface area contributed by atoms with Crippen molar-refractivity contribution in [3.63, 3.8) is 0 Å². The molecule has 1 heterocycles. The lowest BCUT2D eigenvalue weighted by molar-refractivity contribution is 0.0787. The number of hydrogen-bond donors (Lipinski definition) is 1. The highest BCUT2D eigenvalue weighted by Gasteiger charge is 2.28. The maximum atomic E-state index is 12.6. The van der Waals surface area contributed by atoms with Gasteiger partial charge in [-0.25, -0.2) is 0 Å². The second kappa shape index (κ2) is 6.03. The summed E-state index contributed by atoms with van der Waals surface area (Å²) in [5.41, 5.74) is 6.85. The van der Waals surface area contributed by atoms with Crippen LogP contribution in [0, 0.1) is 5.92 Å². The summed E-state index contributed by atoms with van der Waals surface area (Å²) in [5, 5.41) is 0. The lowest BCUT2D eigenvalue weighted by atomic mass is 10.1. The van der Waals surface area contributed by atoms with Gasteiger partial charge in [0.1, 0.15) is 11.5 Å². The molecule has 20 heavy (non-hydrogen) atoms. The number of anilines is 1. The number of ether oxygens (including phenoxy) is 2. The molecule has 0 saturated carbocycles. The minimum absolute atomic E-state index is 0.0457. The first-order valence-electron chi connectivity index (χ1n) is 6.91. The van der Waals surface area contributed by atoms with Crippen LogP contribution in [-0.2, 0) is 0 Å². The number of rotatable bonds is 4. The lowest BCUT2D eigenvalue weighted by Crippen LogP contribution is -2.29. The Morgan fingerprint density at radius 1 is 1.40 bits per heavy atom. The average molecular weight is 278 g/mol. The number of nitrogens with zero attached hydrogens (tertiary/aromatic N) is 1. The van der Waals surface area contributed by atoms with Crippen molar-refractivity contribution in [2.75, 3.05) is 33.0 Å². The molecule has 0 aromatic heterocycles. The number of methoxy groups -OCH3 is 2. The number of carbonyl (C=O) groups is 1. The zero-order valence-electron chi connectivity index (χ0n) is 12.3. The molecule has 1 fully saturated rings. The van der Waals surface area contributed by atoms with E-state index < -0.39 is 0 Å². The van der Waals surface area contributed by atoms with E-state index in [1.807, 2.05) is 4.90 Å². The molecule has 1 aliphatic heterocycles. The molecule has 0 radical (unpaired) electrons. The van der Waals surface area contributed by atoms with E-state index in [0.717, 1.165) is 25.9 Å². The van der Waals surface area contributed by atoms with Gasteiger partial charge in [-0.05, 0) is 18.4 Å². The van der Waals surface area contributed by atoms with Crippen LogP contribution in [0.5, 0.6) is 11.5 Å². The van der Waals surface area contributed by atoms with Gasteiger partial charge in [-0.3, -0.25) is 4.79 Å².